The molecule has 3 heterocycles. The van der Waals surface area contributed by atoms with E-state index in [1.165, 1.54) is 6.42 Å². The summed E-state index contributed by atoms with van der Waals surface area (Å²) >= 11 is 0. The normalized spacial score (nSPS) is 26.0. The molecule has 1 aromatic carbocycles. The van der Waals surface area contributed by atoms with Crippen molar-refractivity contribution in [2.75, 3.05) is 39.3 Å². The van der Waals surface area contributed by atoms with Gasteiger partial charge in [-0.3, -0.25) is 14.5 Å². The molecule has 0 radical (unpaired) electrons. The van der Waals surface area contributed by atoms with Crippen LogP contribution in [0.5, 0.6) is 0 Å². The van der Waals surface area contributed by atoms with E-state index in [0.29, 0.717) is 38.2 Å². The first-order valence-electron chi connectivity index (χ1n) is 11.0. The largest absolute Gasteiger partial charge is 0.445 e. The Labute approximate surface area is 177 Å². The molecule has 0 spiro atoms. The highest BCUT2D eigenvalue weighted by Crippen LogP contribution is 2.30. The summed E-state index contributed by atoms with van der Waals surface area (Å²) in [6.45, 7) is 7.74. The lowest BCUT2D eigenvalue weighted by Crippen LogP contribution is -2.60. The molecule has 0 saturated carbocycles. The number of piperidine rings is 1. The topological polar surface area (TPSA) is 70.2 Å². The lowest BCUT2D eigenvalue weighted by molar-refractivity contribution is -0.153. The van der Waals surface area contributed by atoms with E-state index in [1.54, 1.807) is 24.0 Å². The number of rotatable bonds is 3. The highest BCUT2D eigenvalue weighted by atomic mass is 16.6. The molecule has 0 unspecified atom stereocenters. The van der Waals surface area contributed by atoms with Crippen molar-refractivity contribution >= 4 is 17.8 Å². The van der Waals surface area contributed by atoms with Crippen molar-refractivity contribution in [1.82, 2.24) is 14.7 Å². The summed E-state index contributed by atoms with van der Waals surface area (Å²) in [5.41, 5.74) is 0.213. The summed E-state index contributed by atoms with van der Waals surface area (Å²) < 4.78 is 5.60. The number of benzene rings is 1. The van der Waals surface area contributed by atoms with E-state index >= 15 is 0 Å². The zero-order chi connectivity index (χ0) is 21.3. The summed E-state index contributed by atoms with van der Waals surface area (Å²) in [6.07, 6.45) is 3.76. The average Bonchev–Trinajstić information content (AvgIpc) is 2.78. The lowest BCUT2D eigenvalue weighted by atomic mass is 9.88. The van der Waals surface area contributed by atoms with Crippen LogP contribution in [0.1, 0.15) is 49.0 Å². The number of piperazine rings is 1. The van der Waals surface area contributed by atoms with Crippen molar-refractivity contribution < 1.29 is 19.1 Å². The smallest absolute Gasteiger partial charge is 0.339 e. The monoisotopic (exact) mass is 413 g/mol. The van der Waals surface area contributed by atoms with Gasteiger partial charge in [-0.15, -0.1) is 0 Å². The quantitative estimate of drug-likeness (QED) is 0.706. The van der Waals surface area contributed by atoms with Crippen LogP contribution >= 0.6 is 0 Å². The number of carbonyl (C=O) groups excluding carboxylic acids is 3. The van der Waals surface area contributed by atoms with Crippen LogP contribution in [0.4, 0.5) is 0 Å². The molecule has 7 nitrogen and oxygen atoms in total. The van der Waals surface area contributed by atoms with Crippen LogP contribution < -0.4 is 0 Å². The third kappa shape index (κ3) is 3.95. The van der Waals surface area contributed by atoms with Crippen molar-refractivity contribution in [3.05, 3.63) is 35.4 Å². The highest BCUT2D eigenvalue weighted by Gasteiger charge is 2.45. The second-order valence-corrected chi connectivity index (χ2v) is 8.84. The number of fused-ring (bicyclic) bond motifs is 1. The molecule has 1 aromatic rings. The van der Waals surface area contributed by atoms with Crippen LogP contribution in [0, 0.1) is 0 Å². The third-order valence-electron chi connectivity index (χ3n) is 6.71. The van der Waals surface area contributed by atoms with Gasteiger partial charge in [-0.25, -0.2) is 4.79 Å². The second-order valence-electron chi connectivity index (χ2n) is 8.84. The van der Waals surface area contributed by atoms with Crippen LogP contribution in [-0.2, 0) is 20.7 Å². The first-order chi connectivity index (χ1) is 14.4. The van der Waals surface area contributed by atoms with Gasteiger partial charge in [0.1, 0.15) is 0 Å². The molecule has 2 atom stereocenters. The summed E-state index contributed by atoms with van der Waals surface area (Å²) in [6, 6.07) is 7.13. The first-order valence-corrected chi connectivity index (χ1v) is 11.0. The van der Waals surface area contributed by atoms with Crippen molar-refractivity contribution in [2.24, 2.45) is 0 Å². The first kappa shape index (κ1) is 20.8. The summed E-state index contributed by atoms with van der Waals surface area (Å²) in [7, 11) is 0. The molecule has 2 fully saturated rings. The number of likely N-dealkylation sites (tertiary alicyclic amines) is 1. The molecule has 2 saturated heterocycles. The van der Waals surface area contributed by atoms with Crippen LogP contribution in [0.2, 0.25) is 0 Å². The Balaban J connectivity index is 1.36. The van der Waals surface area contributed by atoms with Gasteiger partial charge in [-0.05, 0) is 44.7 Å². The minimum atomic E-state index is -1.18. The van der Waals surface area contributed by atoms with E-state index in [0.717, 1.165) is 31.5 Å². The molecule has 3 aliphatic rings. The van der Waals surface area contributed by atoms with Crippen LogP contribution in [0.15, 0.2) is 24.3 Å². The Kier molecular flexibility index (Phi) is 5.82. The minimum absolute atomic E-state index is 0.153. The molecule has 3 aliphatic heterocycles. The van der Waals surface area contributed by atoms with Crippen molar-refractivity contribution in [2.45, 2.75) is 51.2 Å². The number of nitrogens with zero attached hydrogens (tertiary/aromatic N) is 3. The average molecular weight is 414 g/mol. The highest BCUT2D eigenvalue weighted by molar-refractivity contribution is 5.97. The standard InChI is InChI=1S/C23H31N3O4/c1-17(20(27)25-10-6-3-7-11-25)24-12-14-26(15-13-24)22(29)23(2)16-18-8-4-5-9-19(18)21(28)30-23/h4-5,8-9,17H,3,6-7,10-16H2,1-2H3/t17-,23+/m1/s1. The van der Waals surface area contributed by atoms with Crippen LogP contribution in [-0.4, -0.2) is 83.4 Å². The fraction of sp³-hybridized carbons (Fsp3) is 0.609. The van der Waals surface area contributed by atoms with E-state index < -0.39 is 11.6 Å². The molecule has 30 heavy (non-hydrogen) atoms. The molecule has 7 heteroatoms. The number of cyclic esters (lactones) is 1. The number of ether oxygens (including phenoxy) is 1. The zero-order valence-electron chi connectivity index (χ0n) is 17.9. The van der Waals surface area contributed by atoms with Gasteiger partial charge in [-0.1, -0.05) is 18.2 Å². The van der Waals surface area contributed by atoms with Gasteiger partial charge in [-0.2, -0.15) is 0 Å². The third-order valence-corrected chi connectivity index (χ3v) is 6.71. The van der Waals surface area contributed by atoms with Crippen molar-refractivity contribution in [3.63, 3.8) is 0 Å². The maximum atomic E-state index is 13.2. The zero-order valence-corrected chi connectivity index (χ0v) is 17.9. The number of amides is 2. The van der Waals surface area contributed by atoms with E-state index in [9.17, 15) is 14.4 Å². The Morgan fingerprint density at radius 3 is 2.33 bits per heavy atom. The van der Waals surface area contributed by atoms with Gasteiger partial charge in [0.25, 0.3) is 5.91 Å². The number of carbonyl (C=O) groups is 3. The second kappa shape index (κ2) is 8.38. The van der Waals surface area contributed by atoms with E-state index in [-0.39, 0.29) is 17.9 Å². The molecule has 0 aliphatic carbocycles. The molecule has 4 rings (SSSR count). The Bertz CT molecular complexity index is 827. The van der Waals surface area contributed by atoms with Gasteiger partial charge in [0.05, 0.1) is 11.6 Å². The summed E-state index contributed by atoms with van der Waals surface area (Å²) in [4.78, 5) is 44.4. The van der Waals surface area contributed by atoms with Crippen molar-refractivity contribution in [3.8, 4) is 0 Å². The molecule has 0 aromatic heterocycles. The molecule has 0 bridgehead atoms. The Morgan fingerprint density at radius 1 is 0.967 bits per heavy atom. The summed E-state index contributed by atoms with van der Waals surface area (Å²) in [5, 5.41) is 0. The van der Waals surface area contributed by atoms with E-state index in [1.807, 2.05) is 24.0 Å². The van der Waals surface area contributed by atoms with Gasteiger partial charge >= 0.3 is 5.97 Å². The van der Waals surface area contributed by atoms with Crippen LogP contribution in [0.3, 0.4) is 0 Å². The molecule has 2 amide bonds. The van der Waals surface area contributed by atoms with Gasteiger partial charge in [0.15, 0.2) is 5.60 Å². The van der Waals surface area contributed by atoms with Gasteiger partial charge in [0.2, 0.25) is 5.91 Å². The fourth-order valence-corrected chi connectivity index (χ4v) is 4.83. The minimum Gasteiger partial charge on any atom is -0.445 e. The maximum absolute atomic E-state index is 13.2. The van der Waals surface area contributed by atoms with Gasteiger partial charge in [0, 0.05) is 45.7 Å². The van der Waals surface area contributed by atoms with E-state index in [2.05, 4.69) is 4.90 Å². The molecule has 0 N–H and O–H groups in total. The van der Waals surface area contributed by atoms with Crippen LogP contribution in [0.25, 0.3) is 0 Å². The Morgan fingerprint density at radius 2 is 1.63 bits per heavy atom. The van der Waals surface area contributed by atoms with Crippen molar-refractivity contribution in [1.29, 1.82) is 0 Å². The van der Waals surface area contributed by atoms with E-state index in [4.69, 9.17) is 4.74 Å². The lowest BCUT2D eigenvalue weighted by Gasteiger charge is -2.42. The Hall–Kier alpha value is -2.41. The maximum Gasteiger partial charge on any atom is 0.339 e. The molecular formula is C23H31N3O4. The predicted molar refractivity (Wildman–Crippen MR) is 112 cm³/mol. The predicted octanol–water partition coefficient (Wildman–Crippen LogP) is 1.70. The van der Waals surface area contributed by atoms with Gasteiger partial charge < -0.3 is 14.5 Å². The number of hydrogen-bond acceptors (Lipinski definition) is 5. The number of hydrogen-bond donors (Lipinski definition) is 0. The molecular weight excluding hydrogens is 382 g/mol. The molecule has 162 valence electrons. The summed E-state index contributed by atoms with van der Waals surface area (Å²) in [5.74, 6) is -0.397. The SMILES string of the molecule is C[C@H](C(=O)N1CCCCC1)N1CCN(C(=O)[C@]2(C)Cc3ccccc3C(=O)O2)CC1. The fourth-order valence-electron chi connectivity index (χ4n) is 4.83. The number of esters is 1.